The summed E-state index contributed by atoms with van der Waals surface area (Å²) >= 11 is 0. The average Bonchev–Trinajstić information content (AvgIpc) is 2.73. The van der Waals surface area contributed by atoms with Crippen LogP contribution < -0.4 is 19.7 Å². The smallest absolute Gasteiger partial charge is 0.161 e. The molecule has 3 rings (SSSR count). The standard InChI is InChI=1S/C22H30N2O3/c1-25-22-17-20(18-23-10-11-24-12-15-26-16-13-24)7-8-21(22)27-14-9-19-5-3-2-4-6-19/h2-8,17,23H,9-16,18H2,1H3/p+2. The van der Waals surface area contributed by atoms with Crippen molar-refractivity contribution in [2.75, 3.05) is 53.1 Å². The van der Waals surface area contributed by atoms with Gasteiger partial charge in [0.2, 0.25) is 0 Å². The molecule has 1 fully saturated rings. The molecule has 27 heavy (non-hydrogen) atoms. The number of hydrogen-bond acceptors (Lipinski definition) is 3. The third-order valence-corrected chi connectivity index (χ3v) is 5.00. The van der Waals surface area contributed by atoms with Gasteiger partial charge in [-0.2, -0.15) is 0 Å². The first-order valence-corrected chi connectivity index (χ1v) is 9.92. The summed E-state index contributed by atoms with van der Waals surface area (Å²) in [5.41, 5.74) is 2.55. The lowest BCUT2D eigenvalue weighted by Gasteiger charge is -2.22. The van der Waals surface area contributed by atoms with E-state index in [0.717, 1.165) is 57.3 Å². The van der Waals surface area contributed by atoms with Gasteiger partial charge >= 0.3 is 0 Å². The van der Waals surface area contributed by atoms with E-state index in [1.165, 1.54) is 17.7 Å². The molecule has 0 radical (unpaired) electrons. The van der Waals surface area contributed by atoms with Crippen LogP contribution in [0.4, 0.5) is 0 Å². The van der Waals surface area contributed by atoms with Gasteiger partial charge in [-0.3, -0.25) is 0 Å². The largest absolute Gasteiger partial charge is 0.493 e. The van der Waals surface area contributed by atoms with Crippen molar-refractivity contribution in [3.8, 4) is 11.5 Å². The van der Waals surface area contributed by atoms with Crippen LogP contribution in [0.3, 0.4) is 0 Å². The minimum atomic E-state index is 0.647. The van der Waals surface area contributed by atoms with Crippen molar-refractivity contribution in [1.29, 1.82) is 0 Å². The van der Waals surface area contributed by atoms with Crippen LogP contribution in [0, 0.1) is 0 Å². The third kappa shape index (κ3) is 6.54. The summed E-state index contributed by atoms with van der Waals surface area (Å²) in [5, 5.41) is 2.37. The molecule has 0 bridgehead atoms. The third-order valence-electron chi connectivity index (χ3n) is 5.00. The molecule has 1 saturated heterocycles. The predicted molar refractivity (Wildman–Crippen MR) is 106 cm³/mol. The SMILES string of the molecule is COc1cc(C[NH2+]CC[NH+]2CCOCC2)ccc1OCCc1ccccc1. The highest BCUT2D eigenvalue weighted by molar-refractivity contribution is 5.42. The minimum absolute atomic E-state index is 0.647. The Labute approximate surface area is 162 Å². The van der Waals surface area contributed by atoms with E-state index in [0.29, 0.717) is 6.61 Å². The maximum Gasteiger partial charge on any atom is 0.161 e. The molecule has 2 aromatic rings. The number of rotatable bonds is 10. The molecule has 3 N–H and O–H groups in total. The van der Waals surface area contributed by atoms with Crippen molar-refractivity contribution in [2.24, 2.45) is 0 Å². The molecule has 0 aromatic heterocycles. The Kier molecular flexibility index (Phi) is 7.96. The lowest BCUT2D eigenvalue weighted by molar-refractivity contribution is -0.920. The normalized spacial score (nSPS) is 14.9. The van der Waals surface area contributed by atoms with E-state index in [4.69, 9.17) is 14.2 Å². The molecule has 146 valence electrons. The Morgan fingerprint density at radius 2 is 1.81 bits per heavy atom. The van der Waals surface area contributed by atoms with E-state index in [1.54, 1.807) is 12.0 Å². The van der Waals surface area contributed by atoms with Crippen molar-refractivity contribution in [3.05, 3.63) is 59.7 Å². The fourth-order valence-corrected chi connectivity index (χ4v) is 3.37. The highest BCUT2D eigenvalue weighted by Gasteiger charge is 2.14. The second kappa shape index (κ2) is 10.9. The van der Waals surface area contributed by atoms with Gasteiger partial charge in [-0.1, -0.05) is 30.3 Å². The lowest BCUT2D eigenvalue weighted by atomic mass is 10.1. The number of ether oxygens (including phenoxy) is 3. The van der Waals surface area contributed by atoms with Crippen molar-refractivity contribution in [3.63, 3.8) is 0 Å². The summed E-state index contributed by atoms with van der Waals surface area (Å²) < 4.78 is 16.9. The molecule has 2 aromatic carbocycles. The van der Waals surface area contributed by atoms with Gasteiger partial charge < -0.3 is 24.4 Å². The van der Waals surface area contributed by atoms with Gasteiger partial charge in [0, 0.05) is 12.0 Å². The number of nitrogens with two attached hydrogens (primary N) is 1. The summed E-state index contributed by atoms with van der Waals surface area (Å²) in [6, 6.07) is 16.7. The number of nitrogens with one attached hydrogen (secondary N) is 1. The zero-order valence-electron chi connectivity index (χ0n) is 16.3. The fraction of sp³-hybridized carbons (Fsp3) is 0.455. The number of morpholine rings is 1. The monoisotopic (exact) mass is 372 g/mol. The fourth-order valence-electron chi connectivity index (χ4n) is 3.37. The molecule has 0 spiro atoms. The Hall–Kier alpha value is -2.08. The van der Waals surface area contributed by atoms with Crippen LogP contribution >= 0.6 is 0 Å². The van der Waals surface area contributed by atoms with Crippen LogP contribution in [0.15, 0.2) is 48.5 Å². The second-order valence-corrected chi connectivity index (χ2v) is 6.96. The summed E-state index contributed by atoms with van der Waals surface area (Å²) in [7, 11) is 1.70. The van der Waals surface area contributed by atoms with Crippen molar-refractivity contribution in [2.45, 2.75) is 13.0 Å². The van der Waals surface area contributed by atoms with Gasteiger partial charge in [0.15, 0.2) is 11.5 Å². The highest BCUT2D eigenvalue weighted by Crippen LogP contribution is 2.28. The van der Waals surface area contributed by atoms with Crippen LogP contribution in [0.2, 0.25) is 0 Å². The molecule has 0 atom stereocenters. The average molecular weight is 373 g/mol. The van der Waals surface area contributed by atoms with Crippen molar-refractivity contribution in [1.82, 2.24) is 0 Å². The van der Waals surface area contributed by atoms with E-state index < -0.39 is 0 Å². The molecule has 5 nitrogen and oxygen atoms in total. The number of quaternary nitrogens is 2. The van der Waals surface area contributed by atoms with E-state index in [2.05, 4.69) is 41.7 Å². The summed E-state index contributed by atoms with van der Waals surface area (Å²) in [6.07, 6.45) is 0.892. The summed E-state index contributed by atoms with van der Waals surface area (Å²) in [6.45, 7) is 8.01. The van der Waals surface area contributed by atoms with Crippen LogP contribution in [-0.4, -0.2) is 53.1 Å². The number of benzene rings is 2. The quantitative estimate of drug-likeness (QED) is 0.590. The first-order valence-electron chi connectivity index (χ1n) is 9.92. The molecule has 1 heterocycles. The maximum atomic E-state index is 5.94. The van der Waals surface area contributed by atoms with Gasteiger partial charge in [-0.25, -0.2) is 0 Å². The lowest BCUT2D eigenvalue weighted by Crippen LogP contribution is -3.16. The number of methoxy groups -OCH3 is 1. The summed E-state index contributed by atoms with van der Waals surface area (Å²) in [4.78, 5) is 1.65. The Morgan fingerprint density at radius 1 is 1.00 bits per heavy atom. The topological polar surface area (TPSA) is 48.7 Å². The van der Waals surface area contributed by atoms with Gasteiger partial charge in [-0.05, 0) is 23.8 Å². The molecule has 0 unspecified atom stereocenters. The van der Waals surface area contributed by atoms with Gasteiger partial charge in [-0.15, -0.1) is 0 Å². The molecular weight excluding hydrogens is 340 g/mol. The number of hydrogen-bond donors (Lipinski definition) is 2. The first-order chi connectivity index (χ1) is 13.3. The molecule has 0 aliphatic carbocycles. The highest BCUT2D eigenvalue weighted by atomic mass is 16.5. The van der Waals surface area contributed by atoms with E-state index in [-0.39, 0.29) is 0 Å². The van der Waals surface area contributed by atoms with Gasteiger partial charge in [0.05, 0.1) is 26.9 Å². The molecule has 1 aliphatic rings. The second-order valence-electron chi connectivity index (χ2n) is 6.96. The van der Waals surface area contributed by atoms with E-state index in [9.17, 15) is 0 Å². The van der Waals surface area contributed by atoms with E-state index >= 15 is 0 Å². The maximum absolute atomic E-state index is 5.94. The van der Waals surface area contributed by atoms with Crippen molar-refractivity contribution >= 4 is 0 Å². The molecule has 5 heteroatoms. The van der Waals surface area contributed by atoms with Crippen molar-refractivity contribution < 1.29 is 24.4 Å². The zero-order chi connectivity index (χ0) is 18.7. The summed E-state index contributed by atoms with van der Waals surface area (Å²) in [5.74, 6) is 1.63. The van der Waals surface area contributed by atoms with Gasteiger partial charge in [0.25, 0.3) is 0 Å². The van der Waals surface area contributed by atoms with E-state index in [1.807, 2.05) is 12.1 Å². The van der Waals surface area contributed by atoms with Crippen LogP contribution in [0.1, 0.15) is 11.1 Å². The molecule has 0 amide bonds. The Balaban J connectivity index is 1.42. The first kappa shape index (κ1) is 19.7. The Bertz CT molecular complexity index is 673. The molecule has 0 saturated carbocycles. The Morgan fingerprint density at radius 3 is 2.59 bits per heavy atom. The predicted octanol–water partition coefficient (Wildman–Crippen LogP) is 0.295. The minimum Gasteiger partial charge on any atom is -0.493 e. The van der Waals surface area contributed by atoms with Gasteiger partial charge in [0.1, 0.15) is 32.7 Å². The van der Waals surface area contributed by atoms with Crippen LogP contribution in [0.25, 0.3) is 0 Å². The van der Waals surface area contributed by atoms with Crippen LogP contribution in [0.5, 0.6) is 11.5 Å². The zero-order valence-corrected chi connectivity index (χ0v) is 16.3. The molecular formula is C22H32N2O3+2. The van der Waals surface area contributed by atoms with Crippen LogP contribution in [-0.2, 0) is 17.7 Å². The molecule has 1 aliphatic heterocycles.